The number of sulfonamides is 1. The van der Waals surface area contributed by atoms with Gasteiger partial charge in [0.15, 0.2) is 0 Å². The minimum atomic E-state index is -3.42. The van der Waals surface area contributed by atoms with Gasteiger partial charge in [-0.15, -0.1) is 11.6 Å². The lowest BCUT2D eigenvalue weighted by molar-refractivity contribution is 0.185. The standard InChI is InChI=1S/C12H18ClNO3S/c1-14(9-10-17-2)18(15,16)12-5-3-11(4-6-12)7-8-13/h3-6H,7-10H2,1-2H3. The van der Waals surface area contributed by atoms with E-state index in [0.717, 1.165) is 12.0 Å². The van der Waals surface area contributed by atoms with Crippen LogP contribution in [0.5, 0.6) is 0 Å². The summed E-state index contributed by atoms with van der Waals surface area (Å²) in [5, 5.41) is 0. The maximum absolute atomic E-state index is 12.2. The van der Waals surface area contributed by atoms with E-state index in [1.165, 1.54) is 4.31 Å². The van der Waals surface area contributed by atoms with Gasteiger partial charge in [0.2, 0.25) is 10.0 Å². The number of rotatable bonds is 7. The molecule has 102 valence electrons. The first-order valence-corrected chi connectivity index (χ1v) is 7.60. The fourth-order valence-corrected chi connectivity index (χ4v) is 2.83. The summed E-state index contributed by atoms with van der Waals surface area (Å²) in [4.78, 5) is 0.291. The Bertz CT molecular complexity index is 459. The van der Waals surface area contributed by atoms with Gasteiger partial charge in [0.1, 0.15) is 0 Å². The second kappa shape index (κ2) is 7.09. The summed E-state index contributed by atoms with van der Waals surface area (Å²) >= 11 is 5.63. The lowest BCUT2D eigenvalue weighted by Gasteiger charge is -2.16. The molecular formula is C12H18ClNO3S. The van der Waals surface area contributed by atoms with Gasteiger partial charge in [-0.2, -0.15) is 4.31 Å². The highest BCUT2D eigenvalue weighted by Gasteiger charge is 2.19. The molecule has 0 atom stereocenters. The number of likely N-dealkylation sites (N-methyl/N-ethyl adjacent to an activating group) is 1. The molecule has 0 aromatic heterocycles. The number of methoxy groups -OCH3 is 1. The summed E-state index contributed by atoms with van der Waals surface area (Å²) in [6.45, 7) is 0.711. The molecule has 1 rings (SSSR count). The van der Waals surface area contributed by atoms with E-state index < -0.39 is 10.0 Å². The van der Waals surface area contributed by atoms with Crippen LogP contribution in [0.25, 0.3) is 0 Å². The zero-order valence-electron chi connectivity index (χ0n) is 10.6. The van der Waals surface area contributed by atoms with Crippen molar-refractivity contribution >= 4 is 21.6 Å². The van der Waals surface area contributed by atoms with Crippen LogP contribution in [0.3, 0.4) is 0 Å². The van der Waals surface area contributed by atoms with Crippen LogP contribution in [0.1, 0.15) is 5.56 Å². The van der Waals surface area contributed by atoms with Crippen LogP contribution >= 0.6 is 11.6 Å². The minimum Gasteiger partial charge on any atom is -0.383 e. The third-order valence-corrected chi connectivity index (χ3v) is 4.69. The van der Waals surface area contributed by atoms with Crippen molar-refractivity contribution in [1.29, 1.82) is 0 Å². The van der Waals surface area contributed by atoms with Crippen LogP contribution in [0.4, 0.5) is 0 Å². The van der Waals surface area contributed by atoms with Gasteiger partial charge in [-0.3, -0.25) is 0 Å². The zero-order valence-corrected chi connectivity index (χ0v) is 12.2. The van der Waals surface area contributed by atoms with Crippen LogP contribution in [-0.4, -0.2) is 45.9 Å². The normalized spacial score (nSPS) is 12.0. The molecule has 0 saturated heterocycles. The molecule has 0 fully saturated rings. The summed E-state index contributed by atoms with van der Waals surface area (Å²) in [5.74, 6) is 0.528. The molecule has 0 amide bonds. The first kappa shape index (κ1) is 15.4. The Balaban J connectivity index is 2.84. The molecule has 1 aromatic carbocycles. The Hall–Kier alpha value is -0.620. The molecule has 0 aliphatic heterocycles. The Labute approximate surface area is 114 Å². The fourth-order valence-electron chi connectivity index (χ4n) is 1.46. The van der Waals surface area contributed by atoms with Crippen molar-refractivity contribution < 1.29 is 13.2 Å². The average Bonchev–Trinajstić information content (AvgIpc) is 2.37. The molecule has 0 unspecified atom stereocenters. The van der Waals surface area contributed by atoms with E-state index >= 15 is 0 Å². The molecule has 4 nitrogen and oxygen atoms in total. The number of alkyl halides is 1. The van der Waals surface area contributed by atoms with Gasteiger partial charge >= 0.3 is 0 Å². The second-order valence-electron chi connectivity index (χ2n) is 3.90. The fraction of sp³-hybridized carbons (Fsp3) is 0.500. The summed E-state index contributed by atoms with van der Waals surface area (Å²) < 4.78 is 30.5. The van der Waals surface area contributed by atoms with Crippen LogP contribution in [0.15, 0.2) is 29.2 Å². The highest BCUT2D eigenvalue weighted by Crippen LogP contribution is 2.15. The van der Waals surface area contributed by atoms with Crippen molar-refractivity contribution in [2.75, 3.05) is 33.2 Å². The molecule has 0 radical (unpaired) electrons. The molecule has 0 N–H and O–H groups in total. The van der Waals surface area contributed by atoms with E-state index in [0.29, 0.717) is 23.9 Å². The topological polar surface area (TPSA) is 46.6 Å². The summed E-state index contributed by atoms with van der Waals surface area (Å²) in [5.41, 5.74) is 1.03. The van der Waals surface area contributed by atoms with Gasteiger partial charge in [-0.1, -0.05) is 12.1 Å². The maximum Gasteiger partial charge on any atom is 0.242 e. The second-order valence-corrected chi connectivity index (χ2v) is 6.33. The number of halogens is 1. The van der Waals surface area contributed by atoms with Gasteiger partial charge in [-0.05, 0) is 24.1 Å². The van der Waals surface area contributed by atoms with E-state index in [1.54, 1.807) is 38.4 Å². The molecule has 1 aromatic rings. The summed E-state index contributed by atoms with van der Waals surface area (Å²) in [6.07, 6.45) is 0.737. The third kappa shape index (κ3) is 3.95. The van der Waals surface area contributed by atoms with Gasteiger partial charge in [0.05, 0.1) is 11.5 Å². The molecule has 0 heterocycles. The smallest absolute Gasteiger partial charge is 0.242 e. The van der Waals surface area contributed by atoms with E-state index in [4.69, 9.17) is 16.3 Å². The van der Waals surface area contributed by atoms with Crippen LogP contribution in [0.2, 0.25) is 0 Å². The lowest BCUT2D eigenvalue weighted by atomic mass is 10.2. The van der Waals surface area contributed by atoms with E-state index in [1.807, 2.05) is 0 Å². The summed E-state index contributed by atoms with van der Waals surface area (Å²) in [7, 11) is -0.337. The Morgan fingerprint density at radius 2 is 1.89 bits per heavy atom. The predicted octanol–water partition coefficient (Wildman–Crippen LogP) is 1.73. The number of nitrogens with zero attached hydrogens (tertiary/aromatic N) is 1. The first-order chi connectivity index (χ1) is 8.52. The molecule has 0 spiro atoms. The minimum absolute atomic E-state index is 0.291. The van der Waals surface area contributed by atoms with Gasteiger partial charge < -0.3 is 4.74 Å². The van der Waals surface area contributed by atoms with Gasteiger partial charge in [0, 0.05) is 26.6 Å². The molecule has 0 aliphatic carbocycles. The largest absolute Gasteiger partial charge is 0.383 e. The van der Waals surface area contributed by atoms with Crippen molar-refractivity contribution in [3.05, 3.63) is 29.8 Å². The lowest BCUT2D eigenvalue weighted by Crippen LogP contribution is -2.30. The Morgan fingerprint density at radius 1 is 1.28 bits per heavy atom. The number of hydrogen-bond acceptors (Lipinski definition) is 3. The van der Waals surface area contributed by atoms with E-state index in [9.17, 15) is 8.42 Å². The molecular weight excluding hydrogens is 274 g/mol. The number of aryl methyl sites for hydroxylation is 1. The molecule has 0 bridgehead atoms. The van der Waals surface area contributed by atoms with Crippen molar-refractivity contribution in [3.8, 4) is 0 Å². The monoisotopic (exact) mass is 291 g/mol. The Morgan fingerprint density at radius 3 is 2.39 bits per heavy atom. The van der Waals surface area contributed by atoms with Crippen molar-refractivity contribution in [2.45, 2.75) is 11.3 Å². The van der Waals surface area contributed by atoms with Gasteiger partial charge in [0.25, 0.3) is 0 Å². The number of hydrogen-bond donors (Lipinski definition) is 0. The molecule has 6 heteroatoms. The number of benzene rings is 1. The van der Waals surface area contributed by atoms with Crippen LogP contribution in [0, 0.1) is 0 Å². The highest BCUT2D eigenvalue weighted by atomic mass is 35.5. The predicted molar refractivity (Wildman–Crippen MR) is 72.6 cm³/mol. The maximum atomic E-state index is 12.2. The van der Waals surface area contributed by atoms with Crippen LogP contribution in [-0.2, 0) is 21.2 Å². The van der Waals surface area contributed by atoms with Crippen LogP contribution < -0.4 is 0 Å². The average molecular weight is 292 g/mol. The Kier molecular flexibility index (Phi) is 6.08. The molecule has 18 heavy (non-hydrogen) atoms. The molecule has 0 aliphatic rings. The molecule has 0 saturated carbocycles. The zero-order chi connectivity index (χ0) is 13.6. The first-order valence-electron chi connectivity index (χ1n) is 5.62. The van der Waals surface area contributed by atoms with Gasteiger partial charge in [-0.25, -0.2) is 8.42 Å². The van der Waals surface area contributed by atoms with Crippen molar-refractivity contribution in [2.24, 2.45) is 0 Å². The van der Waals surface area contributed by atoms with E-state index in [2.05, 4.69) is 0 Å². The quantitative estimate of drug-likeness (QED) is 0.719. The highest BCUT2D eigenvalue weighted by molar-refractivity contribution is 7.89. The SMILES string of the molecule is COCCN(C)S(=O)(=O)c1ccc(CCCl)cc1. The number of ether oxygens (including phenoxy) is 1. The van der Waals surface area contributed by atoms with E-state index in [-0.39, 0.29) is 0 Å². The third-order valence-electron chi connectivity index (χ3n) is 2.62. The van der Waals surface area contributed by atoms with Crippen molar-refractivity contribution in [1.82, 2.24) is 4.31 Å². The van der Waals surface area contributed by atoms with Crippen molar-refractivity contribution in [3.63, 3.8) is 0 Å². The summed E-state index contributed by atoms with van der Waals surface area (Å²) in [6, 6.07) is 6.81.